The van der Waals surface area contributed by atoms with Crippen LogP contribution in [0.15, 0.2) is 30.3 Å². The van der Waals surface area contributed by atoms with Crippen molar-refractivity contribution in [2.45, 2.75) is 58.0 Å². The Morgan fingerprint density at radius 2 is 1.95 bits per heavy atom. The topological polar surface area (TPSA) is 49.3 Å². The van der Waals surface area contributed by atoms with E-state index in [1.54, 1.807) is 6.92 Å². The molecule has 1 atom stereocenters. The van der Waals surface area contributed by atoms with E-state index in [1.807, 2.05) is 18.2 Å². The van der Waals surface area contributed by atoms with Gasteiger partial charge in [0, 0.05) is 6.54 Å². The highest BCUT2D eigenvalue weighted by Gasteiger charge is 2.45. The summed E-state index contributed by atoms with van der Waals surface area (Å²) in [7, 11) is 0. The monoisotopic (exact) mass is 289 g/mol. The summed E-state index contributed by atoms with van der Waals surface area (Å²) in [6.07, 6.45) is 3.31. The lowest BCUT2D eigenvalue weighted by molar-refractivity contribution is -0.130. The molecule has 1 unspecified atom stereocenters. The summed E-state index contributed by atoms with van der Waals surface area (Å²) in [5.41, 5.74) is 0.704. The Hall–Kier alpha value is -1.35. The van der Waals surface area contributed by atoms with Gasteiger partial charge in [0.1, 0.15) is 0 Å². The van der Waals surface area contributed by atoms with Crippen LogP contribution in [0.2, 0.25) is 0 Å². The highest BCUT2D eigenvalue weighted by atomic mass is 16.3. The smallest absolute Gasteiger partial charge is 0.230 e. The Labute approximate surface area is 127 Å². The van der Waals surface area contributed by atoms with Gasteiger partial charge >= 0.3 is 0 Å². The average molecular weight is 289 g/mol. The number of hydrogen-bond acceptors (Lipinski definition) is 2. The second-order valence-corrected chi connectivity index (χ2v) is 7.20. The molecule has 1 saturated carbocycles. The predicted octanol–water partition coefficient (Wildman–Crippen LogP) is 3.02. The fraction of sp³-hybridized carbons (Fsp3) is 0.611. The van der Waals surface area contributed by atoms with E-state index in [0.29, 0.717) is 13.0 Å². The van der Waals surface area contributed by atoms with Gasteiger partial charge in [-0.3, -0.25) is 4.79 Å². The van der Waals surface area contributed by atoms with Gasteiger partial charge in [-0.1, -0.05) is 50.6 Å². The summed E-state index contributed by atoms with van der Waals surface area (Å²) in [6.45, 7) is 6.55. The van der Waals surface area contributed by atoms with Crippen LogP contribution in [0.3, 0.4) is 0 Å². The number of hydrogen-bond donors (Lipinski definition) is 2. The van der Waals surface area contributed by atoms with Gasteiger partial charge < -0.3 is 10.4 Å². The molecule has 0 aliphatic heterocycles. The number of carbonyl (C=O) groups excluding carboxylic acids is 1. The molecular formula is C18H27NO2. The Kier molecular flexibility index (Phi) is 4.72. The molecule has 2 rings (SSSR count). The maximum atomic E-state index is 12.7. The third-order valence-corrected chi connectivity index (χ3v) is 4.54. The van der Waals surface area contributed by atoms with Crippen molar-refractivity contribution in [2.75, 3.05) is 6.54 Å². The van der Waals surface area contributed by atoms with Gasteiger partial charge in [-0.05, 0) is 37.2 Å². The first kappa shape index (κ1) is 16.0. The molecule has 1 aromatic rings. The molecule has 0 radical (unpaired) electrons. The van der Waals surface area contributed by atoms with E-state index in [4.69, 9.17) is 0 Å². The fourth-order valence-electron chi connectivity index (χ4n) is 3.29. The normalized spacial score (nSPS) is 18.7. The molecule has 1 aromatic carbocycles. The van der Waals surface area contributed by atoms with Crippen LogP contribution in [0.25, 0.3) is 0 Å². The summed E-state index contributed by atoms with van der Waals surface area (Å²) < 4.78 is 0. The molecule has 0 aromatic heterocycles. The molecule has 1 fully saturated rings. The average Bonchev–Trinajstić information content (AvgIpc) is 2.35. The first-order valence-corrected chi connectivity index (χ1v) is 7.88. The summed E-state index contributed by atoms with van der Waals surface area (Å²) in [6, 6.07) is 10.1. The van der Waals surface area contributed by atoms with E-state index >= 15 is 0 Å². The van der Waals surface area contributed by atoms with Crippen LogP contribution < -0.4 is 5.32 Å². The molecule has 1 aliphatic carbocycles. The minimum absolute atomic E-state index is 0.0918. The van der Waals surface area contributed by atoms with Crippen molar-refractivity contribution in [1.29, 1.82) is 0 Å². The molecule has 0 heterocycles. The van der Waals surface area contributed by atoms with Crippen LogP contribution in [0.4, 0.5) is 0 Å². The van der Waals surface area contributed by atoms with Crippen LogP contribution in [-0.2, 0) is 10.2 Å². The van der Waals surface area contributed by atoms with E-state index in [-0.39, 0.29) is 22.8 Å². The van der Waals surface area contributed by atoms with Crippen molar-refractivity contribution < 1.29 is 9.90 Å². The standard InChI is InChI=1S/C18H27NO2/c1-14(20)12-17(2,3)13-19-16(21)18(10-7-11-18)15-8-5-4-6-9-15/h4-6,8-9,14,20H,7,10-13H2,1-3H3,(H,19,21). The molecule has 0 bridgehead atoms. The van der Waals surface area contributed by atoms with E-state index in [1.165, 1.54) is 0 Å². The zero-order valence-electron chi connectivity index (χ0n) is 13.4. The Morgan fingerprint density at radius 3 is 2.43 bits per heavy atom. The largest absolute Gasteiger partial charge is 0.393 e. The van der Waals surface area contributed by atoms with E-state index < -0.39 is 0 Å². The van der Waals surface area contributed by atoms with E-state index in [9.17, 15) is 9.90 Å². The SMILES string of the molecule is CC(O)CC(C)(C)CNC(=O)C1(c2ccccc2)CCC1. The molecule has 116 valence electrons. The van der Waals surface area contributed by atoms with Crippen LogP contribution in [0.5, 0.6) is 0 Å². The fourth-order valence-corrected chi connectivity index (χ4v) is 3.29. The van der Waals surface area contributed by atoms with Gasteiger partial charge in [0.25, 0.3) is 0 Å². The highest BCUT2D eigenvalue weighted by molar-refractivity contribution is 5.89. The van der Waals surface area contributed by atoms with Crippen molar-refractivity contribution in [2.24, 2.45) is 5.41 Å². The quantitative estimate of drug-likeness (QED) is 0.845. The lowest BCUT2D eigenvalue weighted by atomic mass is 9.63. The molecule has 2 N–H and O–H groups in total. The number of benzene rings is 1. The summed E-state index contributed by atoms with van der Waals surface area (Å²) in [4.78, 5) is 12.7. The molecular weight excluding hydrogens is 262 g/mol. The minimum atomic E-state index is -0.344. The Bertz CT molecular complexity index is 475. The van der Waals surface area contributed by atoms with Crippen molar-refractivity contribution in [3.63, 3.8) is 0 Å². The summed E-state index contributed by atoms with van der Waals surface area (Å²) in [5, 5.41) is 12.7. The number of aliphatic hydroxyl groups excluding tert-OH is 1. The van der Waals surface area contributed by atoms with Gasteiger partial charge in [0.2, 0.25) is 5.91 Å². The van der Waals surface area contributed by atoms with Crippen LogP contribution in [0, 0.1) is 5.41 Å². The van der Waals surface area contributed by atoms with Gasteiger partial charge in [0.05, 0.1) is 11.5 Å². The minimum Gasteiger partial charge on any atom is -0.393 e. The van der Waals surface area contributed by atoms with Crippen molar-refractivity contribution in [1.82, 2.24) is 5.32 Å². The molecule has 1 amide bonds. The predicted molar refractivity (Wildman–Crippen MR) is 85.1 cm³/mol. The van der Waals surface area contributed by atoms with Gasteiger partial charge in [-0.25, -0.2) is 0 Å². The van der Waals surface area contributed by atoms with E-state index in [2.05, 4.69) is 31.3 Å². The molecule has 21 heavy (non-hydrogen) atoms. The Morgan fingerprint density at radius 1 is 1.33 bits per heavy atom. The third-order valence-electron chi connectivity index (χ3n) is 4.54. The number of rotatable bonds is 6. The number of carbonyl (C=O) groups is 1. The van der Waals surface area contributed by atoms with Crippen molar-refractivity contribution in [3.8, 4) is 0 Å². The van der Waals surface area contributed by atoms with Crippen LogP contribution in [-0.4, -0.2) is 23.7 Å². The second kappa shape index (κ2) is 6.18. The summed E-state index contributed by atoms with van der Waals surface area (Å²) >= 11 is 0. The maximum absolute atomic E-state index is 12.7. The van der Waals surface area contributed by atoms with Gasteiger partial charge in [-0.2, -0.15) is 0 Å². The van der Waals surface area contributed by atoms with Crippen molar-refractivity contribution in [3.05, 3.63) is 35.9 Å². The number of aliphatic hydroxyl groups is 1. The Balaban J connectivity index is 2.02. The van der Waals surface area contributed by atoms with Crippen molar-refractivity contribution >= 4 is 5.91 Å². The van der Waals surface area contributed by atoms with Gasteiger partial charge in [-0.15, -0.1) is 0 Å². The molecule has 1 aliphatic rings. The zero-order chi connectivity index (χ0) is 15.5. The first-order valence-electron chi connectivity index (χ1n) is 7.88. The second-order valence-electron chi connectivity index (χ2n) is 7.20. The van der Waals surface area contributed by atoms with E-state index in [0.717, 1.165) is 24.8 Å². The zero-order valence-corrected chi connectivity index (χ0v) is 13.4. The number of amides is 1. The molecule has 0 spiro atoms. The number of nitrogens with one attached hydrogen (secondary N) is 1. The lowest BCUT2D eigenvalue weighted by Gasteiger charge is -2.41. The molecule has 3 nitrogen and oxygen atoms in total. The summed E-state index contributed by atoms with van der Waals surface area (Å²) in [5.74, 6) is 0.138. The van der Waals surface area contributed by atoms with Crippen LogP contribution >= 0.6 is 0 Å². The molecule has 0 saturated heterocycles. The highest BCUT2D eigenvalue weighted by Crippen LogP contribution is 2.44. The first-order chi connectivity index (χ1) is 9.86. The van der Waals surface area contributed by atoms with Crippen LogP contribution in [0.1, 0.15) is 52.0 Å². The lowest BCUT2D eigenvalue weighted by Crippen LogP contribution is -2.51. The maximum Gasteiger partial charge on any atom is 0.230 e. The molecule has 3 heteroatoms. The third kappa shape index (κ3) is 3.65. The van der Waals surface area contributed by atoms with Gasteiger partial charge in [0.15, 0.2) is 0 Å².